The number of rotatable bonds is 2. The number of nitrogens with zero attached hydrogens (tertiary/aromatic N) is 2. The summed E-state index contributed by atoms with van der Waals surface area (Å²) in [5.41, 5.74) is -0.0246. The van der Waals surface area contributed by atoms with E-state index in [1.165, 1.54) is 18.3 Å². The molecule has 0 spiro atoms. The molecular weight excluding hydrogens is 204 g/mol. The third-order valence-electron chi connectivity index (χ3n) is 1.99. The van der Waals surface area contributed by atoms with Crippen LogP contribution in [0.3, 0.4) is 0 Å². The van der Waals surface area contributed by atoms with Crippen LogP contribution in [0.25, 0.3) is 0 Å². The molecule has 2 N–H and O–H groups in total. The van der Waals surface area contributed by atoms with Gasteiger partial charge in [-0.05, 0) is 6.07 Å². The van der Waals surface area contributed by atoms with Gasteiger partial charge in [0.2, 0.25) is 0 Å². The molecule has 6 heteroatoms. The minimum Gasteiger partial charge on any atom is -0.382 e. The van der Waals surface area contributed by atoms with Crippen LogP contribution in [-0.4, -0.2) is 20.5 Å². The molecule has 15 heavy (non-hydrogen) atoms. The number of H-pyrrole nitrogens is 1. The van der Waals surface area contributed by atoms with E-state index in [0.29, 0.717) is 0 Å². The summed E-state index contributed by atoms with van der Waals surface area (Å²) in [4.78, 5) is 0. The summed E-state index contributed by atoms with van der Waals surface area (Å²) in [6.45, 7) is 0. The van der Waals surface area contributed by atoms with Crippen molar-refractivity contribution in [2.24, 2.45) is 0 Å². The fourth-order valence-electron chi connectivity index (χ4n) is 1.23. The molecule has 0 aliphatic rings. The van der Waals surface area contributed by atoms with Crippen LogP contribution >= 0.6 is 0 Å². The van der Waals surface area contributed by atoms with Gasteiger partial charge < -0.3 is 5.11 Å². The molecule has 1 aromatic heterocycles. The van der Waals surface area contributed by atoms with E-state index in [1.54, 1.807) is 0 Å². The molecule has 1 unspecified atom stereocenters. The molecule has 78 valence electrons. The van der Waals surface area contributed by atoms with Crippen LogP contribution in [0.1, 0.15) is 17.4 Å². The average Bonchev–Trinajstić information content (AvgIpc) is 2.74. The minimum atomic E-state index is -1.32. The Morgan fingerprint density at radius 3 is 2.80 bits per heavy atom. The maximum Gasteiger partial charge on any atom is 0.165 e. The molecule has 0 amide bonds. The van der Waals surface area contributed by atoms with E-state index in [4.69, 9.17) is 0 Å². The van der Waals surface area contributed by atoms with Crippen molar-refractivity contribution >= 4 is 0 Å². The standard InChI is InChI=1S/C9H7F2N3O/c10-6-3-1-2-5(8(6)11)9(15)7-4-12-14-13-7/h1-4,9,15H,(H,12,13,14). The monoisotopic (exact) mass is 211 g/mol. The van der Waals surface area contributed by atoms with Crippen molar-refractivity contribution in [3.8, 4) is 0 Å². The van der Waals surface area contributed by atoms with Gasteiger partial charge in [0.15, 0.2) is 11.6 Å². The van der Waals surface area contributed by atoms with E-state index < -0.39 is 17.7 Å². The molecule has 4 nitrogen and oxygen atoms in total. The second kappa shape index (κ2) is 3.74. The number of nitrogens with one attached hydrogen (secondary N) is 1. The van der Waals surface area contributed by atoms with Gasteiger partial charge in [-0.2, -0.15) is 15.4 Å². The highest BCUT2D eigenvalue weighted by Crippen LogP contribution is 2.23. The predicted molar refractivity (Wildman–Crippen MR) is 46.8 cm³/mol. The van der Waals surface area contributed by atoms with Crippen molar-refractivity contribution in [3.05, 3.63) is 47.3 Å². The van der Waals surface area contributed by atoms with Gasteiger partial charge in [0.05, 0.1) is 6.20 Å². The fourth-order valence-corrected chi connectivity index (χ4v) is 1.23. The van der Waals surface area contributed by atoms with Crippen molar-refractivity contribution in [3.63, 3.8) is 0 Å². The van der Waals surface area contributed by atoms with Gasteiger partial charge >= 0.3 is 0 Å². The quantitative estimate of drug-likeness (QED) is 0.783. The first-order valence-corrected chi connectivity index (χ1v) is 4.18. The normalized spacial score (nSPS) is 12.7. The first-order valence-electron chi connectivity index (χ1n) is 4.18. The Labute approximate surface area is 83.6 Å². The van der Waals surface area contributed by atoms with Gasteiger partial charge in [-0.25, -0.2) is 8.78 Å². The molecular formula is C9H7F2N3O. The van der Waals surface area contributed by atoms with Crippen LogP contribution in [0.4, 0.5) is 8.78 Å². The Morgan fingerprint density at radius 1 is 1.33 bits per heavy atom. The molecule has 0 saturated carbocycles. The Bertz CT molecular complexity index is 458. The molecule has 0 saturated heterocycles. The summed E-state index contributed by atoms with van der Waals surface area (Å²) in [6, 6.07) is 3.59. The lowest BCUT2D eigenvalue weighted by Crippen LogP contribution is -2.04. The van der Waals surface area contributed by atoms with Crippen LogP contribution < -0.4 is 0 Å². The summed E-state index contributed by atoms with van der Waals surface area (Å²) in [5, 5.41) is 19.0. The van der Waals surface area contributed by atoms with Gasteiger partial charge in [0.25, 0.3) is 0 Å². The van der Waals surface area contributed by atoms with E-state index in [2.05, 4.69) is 15.4 Å². The maximum atomic E-state index is 13.3. The number of aromatic amines is 1. The summed E-state index contributed by atoms with van der Waals surface area (Å²) in [6.07, 6.45) is -0.0749. The Hall–Kier alpha value is -1.82. The van der Waals surface area contributed by atoms with Crippen LogP contribution in [0, 0.1) is 11.6 Å². The molecule has 0 aliphatic carbocycles. The number of hydrogen-bond donors (Lipinski definition) is 2. The smallest absolute Gasteiger partial charge is 0.165 e. The van der Waals surface area contributed by atoms with Crippen LogP contribution in [0.2, 0.25) is 0 Å². The van der Waals surface area contributed by atoms with Gasteiger partial charge in [-0.15, -0.1) is 0 Å². The average molecular weight is 211 g/mol. The summed E-state index contributed by atoms with van der Waals surface area (Å²) in [7, 11) is 0. The summed E-state index contributed by atoms with van der Waals surface area (Å²) in [5.74, 6) is -2.08. The summed E-state index contributed by atoms with van der Waals surface area (Å²) >= 11 is 0. The third-order valence-corrected chi connectivity index (χ3v) is 1.99. The van der Waals surface area contributed by atoms with E-state index in [0.717, 1.165) is 6.07 Å². The Balaban J connectivity index is 2.42. The first-order chi connectivity index (χ1) is 7.20. The third kappa shape index (κ3) is 1.71. The lowest BCUT2D eigenvalue weighted by molar-refractivity contribution is 0.208. The number of aliphatic hydroxyl groups is 1. The van der Waals surface area contributed by atoms with Gasteiger partial charge in [0, 0.05) is 5.56 Å². The lowest BCUT2D eigenvalue weighted by atomic mass is 10.1. The number of hydrogen-bond acceptors (Lipinski definition) is 3. The van der Waals surface area contributed by atoms with Gasteiger partial charge in [0.1, 0.15) is 11.8 Å². The Morgan fingerprint density at radius 2 is 2.13 bits per heavy atom. The zero-order valence-corrected chi connectivity index (χ0v) is 7.48. The Kier molecular flexibility index (Phi) is 2.42. The molecule has 1 heterocycles. The van der Waals surface area contributed by atoms with Gasteiger partial charge in [-0.1, -0.05) is 12.1 Å². The number of benzene rings is 1. The summed E-state index contributed by atoms with van der Waals surface area (Å²) < 4.78 is 26.1. The van der Waals surface area contributed by atoms with Crippen LogP contribution in [-0.2, 0) is 0 Å². The number of aliphatic hydroxyl groups excluding tert-OH is 1. The molecule has 0 radical (unpaired) electrons. The van der Waals surface area contributed by atoms with E-state index in [1.807, 2.05) is 0 Å². The predicted octanol–water partition coefficient (Wildman–Crippen LogP) is 1.16. The molecule has 2 rings (SSSR count). The number of aromatic nitrogens is 3. The van der Waals surface area contributed by atoms with Crippen molar-refractivity contribution in [2.45, 2.75) is 6.10 Å². The maximum absolute atomic E-state index is 13.3. The zero-order chi connectivity index (χ0) is 10.8. The zero-order valence-electron chi connectivity index (χ0n) is 7.48. The SMILES string of the molecule is OC(c1cn[nH]n1)c1cccc(F)c1F. The van der Waals surface area contributed by atoms with Crippen molar-refractivity contribution in [2.75, 3.05) is 0 Å². The molecule has 1 aromatic carbocycles. The highest BCUT2D eigenvalue weighted by Gasteiger charge is 2.19. The van der Waals surface area contributed by atoms with E-state index in [9.17, 15) is 13.9 Å². The molecule has 0 fully saturated rings. The molecule has 2 aromatic rings. The molecule has 1 atom stereocenters. The highest BCUT2D eigenvalue weighted by atomic mass is 19.2. The second-order valence-corrected chi connectivity index (χ2v) is 2.94. The first kappa shape index (κ1) is 9.72. The minimum absolute atomic E-state index is 0.138. The lowest BCUT2D eigenvalue weighted by Gasteiger charge is -2.08. The topological polar surface area (TPSA) is 61.8 Å². The van der Waals surface area contributed by atoms with Crippen molar-refractivity contribution < 1.29 is 13.9 Å². The van der Waals surface area contributed by atoms with Crippen molar-refractivity contribution in [1.82, 2.24) is 15.4 Å². The molecule has 0 bridgehead atoms. The van der Waals surface area contributed by atoms with E-state index >= 15 is 0 Å². The van der Waals surface area contributed by atoms with E-state index in [-0.39, 0.29) is 11.3 Å². The van der Waals surface area contributed by atoms with Crippen LogP contribution in [0.5, 0.6) is 0 Å². The second-order valence-electron chi connectivity index (χ2n) is 2.94. The van der Waals surface area contributed by atoms with Crippen LogP contribution in [0.15, 0.2) is 24.4 Å². The highest BCUT2D eigenvalue weighted by molar-refractivity contribution is 5.26. The largest absolute Gasteiger partial charge is 0.382 e. The van der Waals surface area contributed by atoms with Gasteiger partial charge in [-0.3, -0.25) is 0 Å². The number of halogens is 2. The van der Waals surface area contributed by atoms with Crippen molar-refractivity contribution in [1.29, 1.82) is 0 Å². The fraction of sp³-hybridized carbons (Fsp3) is 0.111. The molecule has 0 aliphatic heterocycles.